The van der Waals surface area contributed by atoms with Crippen LogP contribution in [0.3, 0.4) is 0 Å². The highest BCUT2D eigenvalue weighted by Crippen LogP contribution is 2.66. The molecule has 0 saturated heterocycles. The van der Waals surface area contributed by atoms with Crippen LogP contribution in [0.4, 0.5) is 0 Å². The molecule has 0 aromatic carbocycles. The molecule has 1 nitrogen and oxygen atoms in total. The molecule has 4 aliphatic rings. The van der Waals surface area contributed by atoms with E-state index in [0.717, 1.165) is 24.2 Å². The average Bonchev–Trinajstić information content (AvgIpc) is 2.84. The van der Waals surface area contributed by atoms with Gasteiger partial charge in [-0.2, -0.15) is 0 Å². The molecule has 4 unspecified atom stereocenters. The number of fused-ring (bicyclic) bond motifs is 5. The summed E-state index contributed by atoms with van der Waals surface area (Å²) in [5.74, 6) is 2.71. The largest absolute Gasteiger partial charge is 0.389 e. The van der Waals surface area contributed by atoms with E-state index in [4.69, 9.17) is 0 Å². The average molecular weight is 300 g/mol. The maximum Gasteiger partial charge on any atom is 0.0724 e. The number of aliphatic hydroxyl groups is 1. The van der Waals surface area contributed by atoms with Crippen LogP contribution in [0.25, 0.3) is 0 Å². The molecule has 3 fully saturated rings. The Balaban J connectivity index is 1.68. The van der Waals surface area contributed by atoms with E-state index in [1.54, 1.807) is 11.1 Å². The van der Waals surface area contributed by atoms with E-state index in [2.05, 4.69) is 32.9 Å². The number of hydrogen-bond acceptors (Lipinski definition) is 1. The highest BCUT2D eigenvalue weighted by molar-refractivity contribution is 5.28. The van der Waals surface area contributed by atoms with Gasteiger partial charge in [0, 0.05) is 0 Å². The first-order valence-electron chi connectivity index (χ1n) is 9.54. The van der Waals surface area contributed by atoms with Gasteiger partial charge < -0.3 is 5.11 Å². The van der Waals surface area contributed by atoms with Gasteiger partial charge >= 0.3 is 0 Å². The Morgan fingerprint density at radius 1 is 1.00 bits per heavy atom. The molecule has 4 aliphatic carbocycles. The summed E-state index contributed by atoms with van der Waals surface area (Å²) in [5, 5.41) is 10.0. The number of aliphatic hydroxyl groups excluding tert-OH is 1. The maximum atomic E-state index is 10.0. The minimum Gasteiger partial charge on any atom is -0.389 e. The molecule has 1 heteroatoms. The molecule has 0 heterocycles. The highest BCUT2D eigenvalue weighted by atomic mass is 16.3. The first kappa shape index (κ1) is 15.0. The summed E-state index contributed by atoms with van der Waals surface area (Å²) in [5.41, 5.74) is 4.24. The molecule has 1 N–H and O–H groups in total. The molecule has 0 aromatic rings. The monoisotopic (exact) mass is 300 g/mol. The van der Waals surface area contributed by atoms with Crippen LogP contribution in [0.2, 0.25) is 0 Å². The quantitative estimate of drug-likeness (QED) is 0.605. The Kier molecular flexibility index (Phi) is 3.39. The van der Waals surface area contributed by atoms with Gasteiger partial charge in [0.15, 0.2) is 0 Å². The van der Waals surface area contributed by atoms with Crippen LogP contribution in [0, 0.1) is 28.6 Å². The van der Waals surface area contributed by atoms with Crippen molar-refractivity contribution in [3.8, 4) is 0 Å². The van der Waals surface area contributed by atoms with Crippen molar-refractivity contribution in [1.29, 1.82) is 0 Å². The Morgan fingerprint density at radius 3 is 2.50 bits per heavy atom. The smallest absolute Gasteiger partial charge is 0.0724 e. The van der Waals surface area contributed by atoms with Crippen LogP contribution in [-0.2, 0) is 0 Å². The second-order valence-corrected chi connectivity index (χ2v) is 8.94. The lowest BCUT2D eigenvalue weighted by molar-refractivity contribution is -0.0314. The zero-order chi connectivity index (χ0) is 15.5. The van der Waals surface area contributed by atoms with E-state index in [-0.39, 0.29) is 6.10 Å². The van der Waals surface area contributed by atoms with E-state index in [9.17, 15) is 5.11 Å². The van der Waals surface area contributed by atoms with Crippen LogP contribution in [0.5, 0.6) is 0 Å². The van der Waals surface area contributed by atoms with Crippen LogP contribution in [-0.4, -0.2) is 11.2 Å². The Bertz CT molecular complexity index is 530. The van der Waals surface area contributed by atoms with Crippen LogP contribution >= 0.6 is 0 Å². The predicted octanol–water partition coefficient (Wildman–Crippen LogP) is 5.26. The molecular formula is C21H32O. The normalized spacial score (nSPS) is 52.7. The van der Waals surface area contributed by atoms with Crippen LogP contribution in [0.1, 0.15) is 72.1 Å². The topological polar surface area (TPSA) is 20.2 Å². The van der Waals surface area contributed by atoms with Crippen molar-refractivity contribution in [3.63, 3.8) is 0 Å². The number of allylic oxidation sites excluding steroid dienone is 3. The van der Waals surface area contributed by atoms with Crippen molar-refractivity contribution < 1.29 is 5.11 Å². The standard InChI is InChI=1S/C21H32O/c1-4-14-6-8-18-17-7-5-15-13-16(22)9-11-21(15,3)19(17)10-12-20(14,18)2/h4,13,16-19,22H,5-12H2,1-3H3/t16?,17?,18?,19?,20-,21+/m1/s1. The molecule has 122 valence electrons. The van der Waals surface area contributed by atoms with Gasteiger partial charge in [0.05, 0.1) is 6.10 Å². The van der Waals surface area contributed by atoms with Gasteiger partial charge in [-0.05, 0) is 86.9 Å². The Morgan fingerprint density at radius 2 is 1.73 bits per heavy atom. The number of rotatable bonds is 0. The van der Waals surface area contributed by atoms with Crippen LogP contribution < -0.4 is 0 Å². The SMILES string of the molecule is CC=C1CCC2C3CCC4=CC(O)CC[C@]4(C)C3CC[C@]12C. The minimum absolute atomic E-state index is 0.172. The molecule has 4 rings (SSSR count). The van der Waals surface area contributed by atoms with Gasteiger partial charge in [0.2, 0.25) is 0 Å². The Labute approximate surface area is 135 Å². The Hall–Kier alpha value is -0.560. The molecule has 22 heavy (non-hydrogen) atoms. The molecule has 0 bridgehead atoms. The summed E-state index contributed by atoms with van der Waals surface area (Å²) in [7, 11) is 0. The fraction of sp³-hybridized carbons (Fsp3) is 0.810. The summed E-state index contributed by atoms with van der Waals surface area (Å²) in [6, 6.07) is 0. The number of hydrogen-bond donors (Lipinski definition) is 1. The molecule has 0 aliphatic heterocycles. The summed E-state index contributed by atoms with van der Waals surface area (Å²) in [4.78, 5) is 0. The van der Waals surface area contributed by atoms with E-state index in [0.29, 0.717) is 10.8 Å². The van der Waals surface area contributed by atoms with Gasteiger partial charge in [0.1, 0.15) is 0 Å². The first-order chi connectivity index (χ1) is 10.5. The van der Waals surface area contributed by atoms with Gasteiger partial charge in [0.25, 0.3) is 0 Å². The van der Waals surface area contributed by atoms with Crippen molar-refractivity contribution in [2.45, 2.75) is 78.2 Å². The highest BCUT2D eigenvalue weighted by Gasteiger charge is 2.57. The summed E-state index contributed by atoms with van der Waals surface area (Å²) in [6.45, 7) is 7.34. The van der Waals surface area contributed by atoms with Gasteiger partial charge in [-0.3, -0.25) is 0 Å². The molecule has 0 radical (unpaired) electrons. The molecule has 0 aromatic heterocycles. The van der Waals surface area contributed by atoms with E-state index in [1.165, 1.54) is 44.9 Å². The van der Waals surface area contributed by atoms with Gasteiger partial charge in [-0.25, -0.2) is 0 Å². The third kappa shape index (κ3) is 1.87. The zero-order valence-electron chi connectivity index (χ0n) is 14.6. The third-order valence-electron chi connectivity index (χ3n) is 8.29. The predicted molar refractivity (Wildman–Crippen MR) is 91.5 cm³/mol. The molecular weight excluding hydrogens is 268 g/mol. The first-order valence-corrected chi connectivity index (χ1v) is 9.54. The lowest BCUT2D eigenvalue weighted by Gasteiger charge is -2.58. The van der Waals surface area contributed by atoms with Crippen LogP contribution in [0.15, 0.2) is 23.3 Å². The fourth-order valence-corrected chi connectivity index (χ4v) is 7.03. The van der Waals surface area contributed by atoms with Gasteiger partial charge in [-0.15, -0.1) is 0 Å². The zero-order valence-corrected chi connectivity index (χ0v) is 14.6. The van der Waals surface area contributed by atoms with E-state index < -0.39 is 0 Å². The fourth-order valence-electron chi connectivity index (χ4n) is 7.03. The van der Waals surface area contributed by atoms with E-state index in [1.807, 2.05) is 0 Å². The van der Waals surface area contributed by atoms with Crippen molar-refractivity contribution in [3.05, 3.63) is 23.3 Å². The second-order valence-electron chi connectivity index (χ2n) is 8.94. The van der Waals surface area contributed by atoms with E-state index >= 15 is 0 Å². The lowest BCUT2D eigenvalue weighted by Crippen LogP contribution is -2.49. The summed E-state index contributed by atoms with van der Waals surface area (Å²) in [6.07, 6.45) is 14.8. The third-order valence-corrected chi connectivity index (χ3v) is 8.29. The lowest BCUT2D eigenvalue weighted by atomic mass is 9.47. The molecule has 6 atom stereocenters. The van der Waals surface area contributed by atoms with Crippen molar-refractivity contribution >= 4 is 0 Å². The van der Waals surface area contributed by atoms with Gasteiger partial charge in [-0.1, -0.05) is 37.1 Å². The molecule has 3 saturated carbocycles. The van der Waals surface area contributed by atoms with Crippen molar-refractivity contribution in [1.82, 2.24) is 0 Å². The molecule has 0 spiro atoms. The molecule has 0 amide bonds. The maximum absolute atomic E-state index is 10.0. The minimum atomic E-state index is -0.172. The van der Waals surface area contributed by atoms with Crippen molar-refractivity contribution in [2.24, 2.45) is 28.6 Å². The van der Waals surface area contributed by atoms with Crippen molar-refractivity contribution in [2.75, 3.05) is 0 Å². The summed E-state index contributed by atoms with van der Waals surface area (Å²) >= 11 is 0. The summed E-state index contributed by atoms with van der Waals surface area (Å²) < 4.78 is 0. The second kappa shape index (κ2) is 4.97.